The van der Waals surface area contributed by atoms with E-state index in [2.05, 4.69) is 67.3 Å². The third-order valence-corrected chi connectivity index (χ3v) is 5.47. The van der Waals surface area contributed by atoms with Crippen LogP contribution in [0.3, 0.4) is 0 Å². The molecular formula is C21H23N5S. The Morgan fingerprint density at radius 3 is 2.48 bits per heavy atom. The van der Waals surface area contributed by atoms with Gasteiger partial charge in [-0.2, -0.15) is 0 Å². The molecule has 138 valence electrons. The van der Waals surface area contributed by atoms with Crippen molar-refractivity contribution in [1.29, 1.82) is 0 Å². The molecule has 1 aliphatic rings. The van der Waals surface area contributed by atoms with Crippen molar-refractivity contribution in [3.05, 3.63) is 78.4 Å². The van der Waals surface area contributed by atoms with Crippen molar-refractivity contribution in [2.24, 2.45) is 0 Å². The van der Waals surface area contributed by atoms with Crippen molar-refractivity contribution in [2.75, 3.05) is 26.0 Å². The Kier molecular flexibility index (Phi) is 4.58. The molecule has 0 bridgehead atoms. The lowest BCUT2D eigenvalue weighted by Gasteiger charge is -2.26. The number of hydrogen-bond acceptors (Lipinski definition) is 3. The molecule has 0 saturated carbocycles. The van der Waals surface area contributed by atoms with E-state index in [1.807, 2.05) is 45.5 Å². The molecule has 1 aromatic carbocycles. The molecular weight excluding hydrogens is 354 g/mol. The van der Waals surface area contributed by atoms with E-state index < -0.39 is 0 Å². The number of thiocarbonyl (C=S) groups is 1. The molecule has 1 fully saturated rings. The monoisotopic (exact) mass is 377 g/mol. The van der Waals surface area contributed by atoms with Crippen LogP contribution in [-0.4, -0.2) is 40.7 Å². The van der Waals surface area contributed by atoms with Gasteiger partial charge < -0.3 is 19.7 Å². The van der Waals surface area contributed by atoms with Gasteiger partial charge >= 0.3 is 0 Å². The van der Waals surface area contributed by atoms with Crippen LogP contribution in [0.4, 0.5) is 5.69 Å². The van der Waals surface area contributed by atoms with Crippen LogP contribution in [0.2, 0.25) is 0 Å². The van der Waals surface area contributed by atoms with Gasteiger partial charge in [0.2, 0.25) is 0 Å². The summed E-state index contributed by atoms with van der Waals surface area (Å²) < 4.78 is 2.23. The first-order chi connectivity index (χ1) is 13.1. The summed E-state index contributed by atoms with van der Waals surface area (Å²) in [5.41, 5.74) is 4.48. The first kappa shape index (κ1) is 17.5. The number of hydrogen-bond donors (Lipinski definition) is 1. The standard InChI is InChI=1S/C21H23N5S/c1-24(2)15-9-11-16(12-10-15)26-14-6-8-18(26)20-19(23-21(27)25(20)3)17-7-4-5-13-22-17/h4-14,19-20H,1-3H3,(H,23,27)/t19-,20+/m1/s1. The van der Waals surface area contributed by atoms with Gasteiger partial charge in [0.15, 0.2) is 5.11 Å². The van der Waals surface area contributed by atoms with Crippen LogP contribution in [-0.2, 0) is 0 Å². The van der Waals surface area contributed by atoms with E-state index in [-0.39, 0.29) is 12.1 Å². The Morgan fingerprint density at radius 2 is 1.81 bits per heavy atom. The predicted octanol–water partition coefficient (Wildman–Crippen LogP) is 3.54. The van der Waals surface area contributed by atoms with Crippen LogP contribution in [0.1, 0.15) is 23.5 Å². The topological polar surface area (TPSA) is 36.3 Å². The molecule has 1 aliphatic heterocycles. The molecule has 0 aliphatic carbocycles. The van der Waals surface area contributed by atoms with Crippen LogP contribution in [0.15, 0.2) is 67.0 Å². The summed E-state index contributed by atoms with van der Waals surface area (Å²) in [6.45, 7) is 0. The minimum absolute atomic E-state index is 0.0124. The third-order valence-electron chi connectivity index (χ3n) is 5.07. The average molecular weight is 378 g/mol. The zero-order valence-corrected chi connectivity index (χ0v) is 16.5. The van der Waals surface area contributed by atoms with Crippen molar-refractivity contribution in [1.82, 2.24) is 19.8 Å². The summed E-state index contributed by atoms with van der Waals surface area (Å²) in [6.07, 6.45) is 3.93. The van der Waals surface area contributed by atoms with Gasteiger partial charge in [0.05, 0.1) is 17.8 Å². The molecule has 2 atom stereocenters. The molecule has 3 heterocycles. The SMILES string of the molecule is CN(C)c1ccc(-n2cccc2[C@H]2[C@@H](c3ccccn3)NC(=S)N2C)cc1. The normalized spacial score (nSPS) is 19.2. The summed E-state index contributed by atoms with van der Waals surface area (Å²) in [6, 6.07) is 18.9. The van der Waals surface area contributed by atoms with Gasteiger partial charge in [-0.15, -0.1) is 0 Å². The number of anilines is 1. The van der Waals surface area contributed by atoms with E-state index in [0.717, 1.165) is 16.5 Å². The number of likely N-dealkylation sites (N-methyl/N-ethyl adjacent to an activating group) is 1. The van der Waals surface area contributed by atoms with Crippen LogP contribution >= 0.6 is 12.2 Å². The molecule has 0 amide bonds. The van der Waals surface area contributed by atoms with Crippen LogP contribution in [0.25, 0.3) is 5.69 Å². The van der Waals surface area contributed by atoms with Crippen molar-refractivity contribution < 1.29 is 0 Å². The highest BCUT2D eigenvalue weighted by Gasteiger charge is 2.39. The molecule has 1 saturated heterocycles. The molecule has 27 heavy (non-hydrogen) atoms. The van der Waals surface area contributed by atoms with Crippen LogP contribution in [0, 0.1) is 0 Å². The Labute approximate surface area is 165 Å². The second kappa shape index (κ2) is 7.04. The van der Waals surface area contributed by atoms with Gasteiger partial charge in [0, 0.05) is 50.6 Å². The second-order valence-corrected chi connectivity index (χ2v) is 7.34. The highest BCUT2D eigenvalue weighted by molar-refractivity contribution is 7.80. The van der Waals surface area contributed by atoms with Gasteiger partial charge in [0.25, 0.3) is 0 Å². The van der Waals surface area contributed by atoms with E-state index in [1.54, 1.807) is 0 Å². The summed E-state index contributed by atoms with van der Waals surface area (Å²) in [4.78, 5) is 8.78. The van der Waals surface area contributed by atoms with E-state index in [1.165, 1.54) is 11.4 Å². The minimum atomic E-state index is 0.0124. The first-order valence-corrected chi connectivity index (χ1v) is 9.36. The summed E-state index contributed by atoms with van der Waals surface area (Å²) in [5.74, 6) is 0. The zero-order chi connectivity index (χ0) is 19.0. The summed E-state index contributed by atoms with van der Waals surface area (Å²) in [7, 11) is 6.14. The van der Waals surface area contributed by atoms with E-state index in [0.29, 0.717) is 0 Å². The maximum Gasteiger partial charge on any atom is 0.169 e. The van der Waals surface area contributed by atoms with Crippen molar-refractivity contribution >= 4 is 23.0 Å². The quantitative estimate of drug-likeness (QED) is 0.704. The van der Waals surface area contributed by atoms with Crippen LogP contribution in [0.5, 0.6) is 0 Å². The molecule has 1 N–H and O–H groups in total. The number of pyridine rings is 1. The maximum absolute atomic E-state index is 5.55. The first-order valence-electron chi connectivity index (χ1n) is 8.95. The maximum atomic E-state index is 5.55. The zero-order valence-electron chi connectivity index (χ0n) is 15.7. The smallest absolute Gasteiger partial charge is 0.169 e. The second-order valence-electron chi connectivity index (χ2n) is 6.95. The van der Waals surface area contributed by atoms with Crippen LogP contribution < -0.4 is 10.2 Å². The fourth-order valence-corrected chi connectivity index (χ4v) is 3.85. The predicted molar refractivity (Wildman–Crippen MR) is 113 cm³/mol. The van der Waals surface area contributed by atoms with Crippen molar-refractivity contribution in [3.8, 4) is 5.69 Å². The average Bonchev–Trinajstić information content (AvgIpc) is 3.27. The number of rotatable bonds is 4. The van der Waals surface area contributed by atoms with E-state index in [4.69, 9.17) is 12.2 Å². The number of nitrogens with one attached hydrogen (secondary N) is 1. The van der Waals surface area contributed by atoms with Gasteiger partial charge in [-0.3, -0.25) is 4.98 Å². The minimum Gasteiger partial charge on any atom is -0.378 e. The third kappa shape index (κ3) is 3.17. The Hall–Kier alpha value is -2.86. The van der Waals surface area contributed by atoms with E-state index in [9.17, 15) is 0 Å². The van der Waals surface area contributed by atoms with Gasteiger partial charge in [0.1, 0.15) is 0 Å². The van der Waals surface area contributed by atoms with E-state index >= 15 is 0 Å². The molecule has 6 heteroatoms. The Bertz CT molecular complexity index is 933. The molecule has 0 radical (unpaired) electrons. The molecule has 5 nitrogen and oxygen atoms in total. The lowest BCUT2D eigenvalue weighted by atomic mass is 10.0. The van der Waals surface area contributed by atoms with Gasteiger partial charge in [-0.05, 0) is 60.7 Å². The Balaban J connectivity index is 1.74. The highest BCUT2D eigenvalue weighted by atomic mass is 32.1. The van der Waals surface area contributed by atoms with Crippen molar-refractivity contribution in [2.45, 2.75) is 12.1 Å². The van der Waals surface area contributed by atoms with Gasteiger partial charge in [-0.25, -0.2) is 0 Å². The molecule has 0 spiro atoms. The highest BCUT2D eigenvalue weighted by Crippen LogP contribution is 2.38. The lowest BCUT2D eigenvalue weighted by molar-refractivity contribution is 0.357. The van der Waals surface area contributed by atoms with Gasteiger partial charge in [-0.1, -0.05) is 6.07 Å². The number of benzene rings is 1. The molecule has 0 unspecified atom stereocenters. The molecule has 4 rings (SSSR count). The molecule has 3 aromatic rings. The molecule has 2 aromatic heterocycles. The lowest BCUT2D eigenvalue weighted by Crippen LogP contribution is -2.25. The number of aromatic nitrogens is 2. The fraction of sp³-hybridized carbons (Fsp3) is 0.238. The largest absolute Gasteiger partial charge is 0.378 e. The summed E-state index contributed by atoms with van der Waals surface area (Å²) in [5, 5.41) is 4.18. The Morgan fingerprint density at radius 1 is 1.04 bits per heavy atom. The number of nitrogens with zero attached hydrogens (tertiary/aromatic N) is 4. The fourth-order valence-electron chi connectivity index (χ4n) is 3.61. The van der Waals surface area contributed by atoms with Crippen molar-refractivity contribution in [3.63, 3.8) is 0 Å². The summed E-state index contributed by atoms with van der Waals surface area (Å²) >= 11 is 5.55.